The molecule has 2 aromatic heterocycles. The molecule has 3 rings (SSSR count). The molecule has 21 heavy (non-hydrogen) atoms. The van der Waals surface area contributed by atoms with Crippen molar-refractivity contribution in [1.82, 2.24) is 19.6 Å². The third-order valence-electron chi connectivity index (χ3n) is 3.81. The number of likely N-dealkylation sites (N-methyl/N-ethyl adjacent to an activating group) is 1. The monoisotopic (exact) mass is 288 g/mol. The van der Waals surface area contributed by atoms with Gasteiger partial charge in [0.2, 0.25) is 5.91 Å². The Morgan fingerprint density at radius 3 is 3.19 bits per heavy atom. The number of aryl methyl sites for hydroxylation is 1. The predicted molar refractivity (Wildman–Crippen MR) is 79.0 cm³/mol. The van der Waals surface area contributed by atoms with Crippen LogP contribution in [0.4, 0.5) is 0 Å². The summed E-state index contributed by atoms with van der Waals surface area (Å²) < 4.78 is 7.62. The maximum atomic E-state index is 11.7. The summed E-state index contributed by atoms with van der Waals surface area (Å²) in [6.45, 7) is 4.85. The van der Waals surface area contributed by atoms with E-state index in [0.29, 0.717) is 13.2 Å². The average Bonchev–Trinajstić information content (AvgIpc) is 2.89. The fourth-order valence-electron chi connectivity index (χ4n) is 2.65. The Labute approximate surface area is 123 Å². The van der Waals surface area contributed by atoms with Gasteiger partial charge in [0.25, 0.3) is 0 Å². The van der Waals surface area contributed by atoms with Crippen molar-refractivity contribution in [3.63, 3.8) is 0 Å². The van der Waals surface area contributed by atoms with Gasteiger partial charge >= 0.3 is 0 Å². The Bertz CT molecular complexity index is 652. The van der Waals surface area contributed by atoms with Gasteiger partial charge in [-0.15, -0.1) is 0 Å². The molecule has 0 spiro atoms. The summed E-state index contributed by atoms with van der Waals surface area (Å²) in [5, 5.41) is 2.64. The third-order valence-corrected chi connectivity index (χ3v) is 3.81. The zero-order valence-electron chi connectivity index (χ0n) is 12.4. The highest BCUT2D eigenvalue weighted by Gasteiger charge is 2.26. The van der Waals surface area contributed by atoms with Gasteiger partial charge in [0.15, 0.2) is 0 Å². The second-order valence-electron chi connectivity index (χ2n) is 5.39. The number of aromatic nitrogens is 2. The number of nitrogens with zero attached hydrogens (tertiary/aromatic N) is 3. The van der Waals surface area contributed by atoms with E-state index in [0.717, 1.165) is 24.4 Å². The van der Waals surface area contributed by atoms with Crippen LogP contribution in [0.1, 0.15) is 11.3 Å². The van der Waals surface area contributed by atoms with Gasteiger partial charge in [0, 0.05) is 32.9 Å². The van der Waals surface area contributed by atoms with E-state index in [9.17, 15) is 4.79 Å². The fourth-order valence-corrected chi connectivity index (χ4v) is 2.65. The van der Waals surface area contributed by atoms with E-state index >= 15 is 0 Å². The molecule has 1 unspecified atom stereocenters. The molecule has 1 atom stereocenters. The van der Waals surface area contributed by atoms with Crippen LogP contribution in [-0.4, -0.2) is 53.0 Å². The molecule has 6 nitrogen and oxygen atoms in total. The average molecular weight is 288 g/mol. The molecular weight excluding hydrogens is 268 g/mol. The topological polar surface area (TPSA) is 58.9 Å². The van der Waals surface area contributed by atoms with Crippen molar-refractivity contribution >= 4 is 11.6 Å². The van der Waals surface area contributed by atoms with E-state index in [2.05, 4.69) is 38.8 Å². The van der Waals surface area contributed by atoms with Crippen LogP contribution in [0.2, 0.25) is 0 Å². The quantitative estimate of drug-likeness (QED) is 0.898. The Balaban J connectivity index is 1.75. The van der Waals surface area contributed by atoms with Crippen molar-refractivity contribution in [3.05, 3.63) is 35.8 Å². The molecule has 0 saturated carbocycles. The molecule has 1 fully saturated rings. The summed E-state index contributed by atoms with van der Waals surface area (Å²) >= 11 is 0. The highest BCUT2D eigenvalue weighted by atomic mass is 16.5. The first-order valence-corrected chi connectivity index (χ1v) is 7.15. The minimum atomic E-state index is -0.385. The molecule has 6 heteroatoms. The molecule has 1 N–H and O–H groups in total. The van der Waals surface area contributed by atoms with Crippen LogP contribution in [0.5, 0.6) is 0 Å². The molecule has 0 aliphatic carbocycles. The standard InChI is InChI=1S/C15H20N4O2/c1-11-3-4-14-17-7-12(19(14)8-11)9-18-5-6-21-13(10-18)15(20)16-2/h3-4,7-8,13H,5-6,9-10H2,1-2H3,(H,16,20). The molecule has 2 aromatic rings. The first kappa shape index (κ1) is 14.0. The second kappa shape index (κ2) is 5.83. The highest BCUT2D eigenvalue weighted by Crippen LogP contribution is 2.13. The molecular formula is C15H20N4O2. The van der Waals surface area contributed by atoms with E-state index in [1.54, 1.807) is 7.05 Å². The number of ether oxygens (including phenoxy) is 1. The molecule has 1 amide bonds. The minimum absolute atomic E-state index is 0.0614. The lowest BCUT2D eigenvalue weighted by Crippen LogP contribution is -2.48. The van der Waals surface area contributed by atoms with Gasteiger partial charge in [-0.2, -0.15) is 0 Å². The summed E-state index contributed by atoms with van der Waals surface area (Å²) in [6.07, 6.45) is 3.61. The van der Waals surface area contributed by atoms with Crippen molar-refractivity contribution in [3.8, 4) is 0 Å². The van der Waals surface area contributed by atoms with Gasteiger partial charge in [0.1, 0.15) is 11.8 Å². The molecule has 0 bridgehead atoms. The fraction of sp³-hybridized carbons (Fsp3) is 0.467. The maximum Gasteiger partial charge on any atom is 0.250 e. The van der Waals surface area contributed by atoms with Gasteiger partial charge in [-0.05, 0) is 18.6 Å². The van der Waals surface area contributed by atoms with Gasteiger partial charge in [-0.25, -0.2) is 4.98 Å². The van der Waals surface area contributed by atoms with Crippen molar-refractivity contribution in [2.45, 2.75) is 19.6 Å². The lowest BCUT2D eigenvalue weighted by atomic mass is 10.2. The maximum absolute atomic E-state index is 11.7. The van der Waals surface area contributed by atoms with Crippen LogP contribution < -0.4 is 5.32 Å². The predicted octanol–water partition coefficient (Wildman–Crippen LogP) is 0.590. The molecule has 0 radical (unpaired) electrons. The number of imidazole rings is 1. The molecule has 1 saturated heterocycles. The van der Waals surface area contributed by atoms with E-state index in [4.69, 9.17) is 4.74 Å². The van der Waals surface area contributed by atoms with Crippen molar-refractivity contribution in [2.24, 2.45) is 0 Å². The molecule has 0 aromatic carbocycles. The number of hydrogen-bond donors (Lipinski definition) is 1. The van der Waals surface area contributed by atoms with Gasteiger partial charge in [0.05, 0.1) is 18.5 Å². The normalized spacial score (nSPS) is 19.8. The molecule has 1 aliphatic heterocycles. The highest BCUT2D eigenvalue weighted by molar-refractivity contribution is 5.80. The zero-order chi connectivity index (χ0) is 14.8. The minimum Gasteiger partial charge on any atom is -0.366 e. The van der Waals surface area contributed by atoms with Crippen molar-refractivity contribution < 1.29 is 9.53 Å². The Morgan fingerprint density at radius 1 is 1.52 bits per heavy atom. The summed E-state index contributed by atoms with van der Waals surface area (Å²) in [6, 6.07) is 4.08. The summed E-state index contributed by atoms with van der Waals surface area (Å²) in [5.74, 6) is -0.0614. The zero-order valence-corrected chi connectivity index (χ0v) is 12.4. The van der Waals surface area contributed by atoms with Crippen LogP contribution in [0, 0.1) is 6.92 Å². The first-order valence-electron chi connectivity index (χ1n) is 7.15. The van der Waals surface area contributed by atoms with Crippen LogP contribution in [0.15, 0.2) is 24.5 Å². The lowest BCUT2D eigenvalue weighted by molar-refractivity contribution is -0.138. The van der Waals surface area contributed by atoms with Crippen LogP contribution in [-0.2, 0) is 16.1 Å². The van der Waals surface area contributed by atoms with Gasteiger partial charge in [-0.1, -0.05) is 6.07 Å². The summed E-state index contributed by atoms with van der Waals surface area (Å²) in [4.78, 5) is 18.3. The van der Waals surface area contributed by atoms with Crippen LogP contribution >= 0.6 is 0 Å². The Hall–Kier alpha value is -1.92. The number of carbonyl (C=O) groups excluding carboxylic acids is 1. The van der Waals surface area contributed by atoms with E-state index < -0.39 is 0 Å². The van der Waals surface area contributed by atoms with Crippen molar-refractivity contribution in [2.75, 3.05) is 26.7 Å². The number of carbonyl (C=O) groups is 1. The Kier molecular flexibility index (Phi) is 3.90. The van der Waals surface area contributed by atoms with Gasteiger partial charge in [-0.3, -0.25) is 9.69 Å². The van der Waals surface area contributed by atoms with Crippen LogP contribution in [0.25, 0.3) is 5.65 Å². The third kappa shape index (κ3) is 2.91. The lowest BCUT2D eigenvalue weighted by Gasteiger charge is -2.31. The second-order valence-corrected chi connectivity index (χ2v) is 5.39. The van der Waals surface area contributed by atoms with E-state index in [1.807, 2.05) is 12.3 Å². The number of nitrogens with one attached hydrogen (secondary N) is 1. The van der Waals surface area contributed by atoms with Crippen LogP contribution in [0.3, 0.4) is 0 Å². The smallest absolute Gasteiger partial charge is 0.250 e. The number of rotatable bonds is 3. The number of amides is 1. The summed E-state index contributed by atoms with van der Waals surface area (Å²) in [7, 11) is 1.64. The SMILES string of the molecule is CNC(=O)C1CN(Cc2cnc3ccc(C)cn23)CCO1. The van der Waals surface area contributed by atoms with E-state index in [1.165, 1.54) is 5.56 Å². The Morgan fingerprint density at radius 2 is 2.38 bits per heavy atom. The first-order chi connectivity index (χ1) is 10.2. The van der Waals surface area contributed by atoms with E-state index in [-0.39, 0.29) is 12.0 Å². The molecule has 3 heterocycles. The molecule has 112 valence electrons. The largest absolute Gasteiger partial charge is 0.366 e. The van der Waals surface area contributed by atoms with Crippen molar-refractivity contribution in [1.29, 1.82) is 0 Å². The van der Waals surface area contributed by atoms with Gasteiger partial charge < -0.3 is 14.5 Å². The summed E-state index contributed by atoms with van der Waals surface area (Å²) in [5.41, 5.74) is 3.28. The molecule has 1 aliphatic rings. The number of morpholine rings is 1. The number of hydrogen-bond acceptors (Lipinski definition) is 4. The number of pyridine rings is 1. The number of fused-ring (bicyclic) bond motifs is 1.